The Balaban J connectivity index is 1.84. The minimum atomic E-state index is -0.140. The molecule has 2 fully saturated rings. The van der Waals surface area contributed by atoms with E-state index >= 15 is 0 Å². The van der Waals surface area contributed by atoms with Crippen molar-refractivity contribution in [3.8, 4) is 0 Å². The molecule has 0 spiro atoms. The molecule has 1 N–H and O–H groups in total. The van der Waals surface area contributed by atoms with Crippen molar-refractivity contribution in [2.45, 2.75) is 38.3 Å². The molecule has 1 aromatic carbocycles. The lowest BCUT2D eigenvalue weighted by Gasteiger charge is -2.43. The van der Waals surface area contributed by atoms with Gasteiger partial charge < -0.3 is 10.2 Å². The number of piperazine rings is 1. The molecule has 2 atom stereocenters. The molecule has 0 aromatic heterocycles. The number of hydrogen-bond donors (Lipinski definition) is 1. The molecule has 1 aromatic rings. The van der Waals surface area contributed by atoms with E-state index in [0.29, 0.717) is 6.04 Å². The molecule has 0 aliphatic carbocycles. The predicted octanol–water partition coefficient (Wildman–Crippen LogP) is 2.02. The number of amides is 1. The summed E-state index contributed by atoms with van der Waals surface area (Å²) >= 11 is 0. The van der Waals surface area contributed by atoms with Gasteiger partial charge in [0.15, 0.2) is 0 Å². The van der Waals surface area contributed by atoms with Crippen LogP contribution < -0.4 is 5.32 Å². The van der Waals surface area contributed by atoms with Crippen molar-refractivity contribution in [3.63, 3.8) is 0 Å². The summed E-state index contributed by atoms with van der Waals surface area (Å²) in [7, 11) is 0. The second-order valence-corrected chi connectivity index (χ2v) is 5.44. The zero-order chi connectivity index (χ0) is 12.5. The van der Waals surface area contributed by atoms with Crippen LogP contribution >= 0.6 is 0 Å². The highest BCUT2D eigenvalue weighted by Gasteiger charge is 2.36. The highest BCUT2D eigenvalue weighted by molar-refractivity contribution is 5.84. The van der Waals surface area contributed by atoms with Gasteiger partial charge >= 0.3 is 0 Å². The predicted molar refractivity (Wildman–Crippen MR) is 71.3 cm³/mol. The van der Waals surface area contributed by atoms with Gasteiger partial charge in [0.05, 0.1) is 0 Å². The van der Waals surface area contributed by atoms with Crippen LogP contribution in [-0.2, 0) is 4.79 Å². The van der Waals surface area contributed by atoms with Crippen LogP contribution in [0.2, 0.25) is 0 Å². The van der Waals surface area contributed by atoms with Crippen molar-refractivity contribution in [2.24, 2.45) is 0 Å². The highest BCUT2D eigenvalue weighted by Crippen LogP contribution is 2.27. The van der Waals surface area contributed by atoms with Crippen LogP contribution in [0.5, 0.6) is 0 Å². The molecule has 2 saturated heterocycles. The quantitative estimate of drug-likeness (QED) is 0.819. The van der Waals surface area contributed by atoms with Crippen LogP contribution in [0, 0.1) is 6.92 Å². The van der Waals surface area contributed by atoms with Gasteiger partial charge in [0, 0.05) is 19.1 Å². The zero-order valence-corrected chi connectivity index (χ0v) is 10.9. The monoisotopic (exact) mass is 244 g/mol. The van der Waals surface area contributed by atoms with Crippen molar-refractivity contribution in [1.29, 1.82) is 0 Å². The Morgan fingerprint density at radius 1 is 1.33 bits per heavy atom. The third-order valence-electron chi connectivity index (χ3n) is 4.09. The number of hydrogen-bond acceptors (Lipinski definition) is 2. The average molecular weight is 244 g/mol. The second-order valence-electron chi connectivity index (χ2n) is 5.44. The Hall–Kier alpha value is -1.35. The van der Waals surface area contributed by atoms with Crippen molar-refractivity contribution < 1.29 is 4.79 Å². The van der Waals surface area contributed by atoms with E-state index < -0.39 is 0 Å². The van der Waals surface area contributed by atoms with Gasteiger partial charge in [-0.3, -0.25) is 4.79 Å². The summed E-state index contributed by atoms with van der Waals surface area (Å²) in [6, 6.07) is 8.54. The van der Waals surface area contributed by atoms with E-state index in [0.717, 1.165) is 31.5 Å². The molecule has 2 aliphatic heterocycles. The molecule has 18 heavy (non-hydrogen) atoms. The summed E-state index contributed by atoms with van der Waals surface area (Å²) in [6.45, 7) is 3.94. The van der Waals surface area contributed by atoms with Crippen LogP contribution in [0.25, 0.3) is 0 Å². The maximum atomic E-state index is 12.5. The number of nitrogens with zero attached hydrogens (tertiary/aromatic N) is 1. The zero-order valence-electron chi connectivity index (χ0n) is 10.9. The molecule has 3 rings (SSSR count). The van der Waals surface area contributed by atoms with Gasteiger partial charge in [-0.2, -0.15) is 0 Å². The first kappa shape index (κ1) is 11.7. The minimum absolute atomic E-state index is 0.140. The van der Waals surface area contributed by atoms with Gasteiger partial charge in [-0.1, -0.05) is 29.8 Å². The fourth-order valence-electron chi connectivity index (χ4n) is 3.12. The van der Waals surface area contributed by atoms with Crippen LogP contribution in [0.1, 0.15) is 36.4 Å². The number of carbonyl (C=O) groups excluding carboxylic acids is 1. The molecule has 0 bridgehead atoms. The number of rotatable bonds is 1. The van der Waals surface area contributed by atoms with E-state index in [1.165, 1.54) is 12.0 Å². The van der Waals surface area contributed by atoms with Crippen molar-refractivity contribution >= 4 is 5.91 Å². The first-order valence-corrected chi connectivity index (χ1v) is 6.86. The van der Waals surface area contributed by atoms with Gasteiger partial charge in [0.1, 0.15) is 6.04 Å². The number of aryl methyl sites for hydroxylation is 1. The minimum Gasteiger partial charge on any atom is -0.337 e. The Morgan fingerprint density at radius 3 is 3.06 bits per heavy atom. The smallest absolute Gasteiger partial charge is 0.244 e. The van der Waals surface area contributed by atoms with Crippen molar-refractivity contribution in [1.82, 2.24) is 10.2 Å². The van der Waals surface area contributed by atoms with Crippen LogP contribution in [0.4, 0.5) is 0 Å². The summed E-state index contributed by atoms with van der Waals surface area (Å²) in [5.74, 6) is 0.261. The van der Waals surface area contributed by atoms with Crippen molar-refractivity contribution in [2.75, 3.05) is 13.1 Å². The van der Waals surface area contributed by atoms with E-state index in [2.05, 4.69) is 29.3 Å². The van der Waals surface area contributed by atoms with E-state index in [1.807, 2.05) is 12.1 Å². The maximum Gasteiger partial charge on any atom is 0.244 e. The van der Waals surface area contributed by atoms with E-state index in [-0.39, 0.29) is 11.9 Å². The number of fused-ring (bicyclic) bond motifs is 1. The molecular weight excluding hydrogens is 224 g/mol. The average Bonchev–Trinajstić information content (AvgIpc) is 2.39. The normalized spacial score (nSPS) is 28.1. The summed E-state index contributed by atoms with van der Waals surface area (Å²) < 4.78 is 0. The number of piperidine rings is 1. The lowest BCUT2D eigenvalue weighted by atomic mass is 9.94. The largest absolute Gasteiger partial charge is 0.337 e. The highest BCUT2D eigenvalue weighted by atomic mass is 16.2. The molecule has 1 amide bonds. The summed E-state index contributed by atoms with van der Waals surface area (Å²) in [6.07, 6.45) is 3.56. The van der Waals surface area contributed by atoms with Gasteiger partial charge in [-0.15, -0.1) is 0 Å². The van der Waals surface area contributed by atoms with Gasteiger partial charge in [0.25, 0.3) is 0 Å². The summed E-state index contributed by atoms with van der Waals surface area (Å²) in [4.78, 5) is 14.6. The molecule has 3 heteroatoms. The van der Waals surface area contributed by atoms with Gasteiger partial charge in [0.2, 0.25) is 5.91 Å². The molecule has 3 nitrogen and oxygen atoms in total. The van der Waals surface area contributed by atoms with Crippen molar-refractivity contribution in [3.05, 3.63) is 35.4 Å². The van der Waals surface area contributed by atoms with Crippen LogP contribution in [0.15, 0.2) is 24.3 Å². The number of nitrogens with one attached hydrogen (secondary N) is 1. The first-order valence-electron chi connectivity index (χ1n) is 6.86. The third kappa shape index (κ3) is 2.03. The lowest BCUT2D eigenvalue weighted by Crippen LogP contribution is -2.57. The molecule has 2 aliphatic rings. The van der Waals surface area contributed by atoms with Crippen LogP contribution in [-0.4, -0.2) is 29.9 Å². The summed E-state index contributed by atoms with van der Waals surface area (Å²) in [5, 5.41) is 3.42. The molecule has 0 radical (unpaired) electrons. The standard InChI is InChI=1S/C15H20N2O/c1-11-5-4-6-12(9-11)14-15(18)17-8-3-2-7-13(17)10-16-14/h4-6,9,13-14,16H,2-3,7-8,10H2,1H3. The molecular formula is C15H20N2O. The molecule has 0 saturated carbocycles. The Labute approximate surface area is 108 Å². The second kappa shape index (κ2) is 4.73. The molecule has 2 heterocycles. The maximum absolute atomic E-state index is 12.5. The number of carbonyl (C=O) groups is 1. The Bertz CT molecular complexity index is 458. The van der Waals surface area contributed by atoms with E-state index in [4.69, 9.17) is 0 Å². The topological polar surface area (TPSA) is 32.3 Å². The summed E-state index contributed by atoms with van der Waals surface area (Å²) in [5.41, 5.74) is 2.31. The Morgan fingerprint density at radius 2 is 2.22 bits per heavy atom. The SMILES string of the molecule is Cc1cccc(C2NCC3CCCCN3C2=O)c1. The fraction of sp³-hybridized carbons (Fsp3) is 0.533. The first-order chi connectivity index (χ1) is 8.75. The fourth-order valence-corrected chi connectivity index (χ4v) is 3.12. The molecule has 2 unspecified atom stereocenters. The van der Waals surface area contributed by atoms with E-state index in [9.17, 15) is 4.79 Å². The Kier molecular flexibility index (Phi) is 3.08. The third-order valence-corrected chi connectivity index (χ3v) is 4.09. The van der Waals surface area contributed by atoms with Gasteiger partial charge in [-0.25, -0.2) is 0 Å². The van der Waals surface area contributed by atoms with Crippen LogP contribution in [0.3, 0.4) is 0 Å². The number of benzene rings is 1. The lowest BCUT2D eigenvalue weighted by molar-refractivity contribution is -0.140. The van der Waals surface area contributed by atoms with E-state index in [1.54, 1.807) is 0 Å². The van der Waals surface area contributed by atoms with Gasteiger partial charge in [-0.05, 0) is 31.7 Å². The molecule has 96 valence electrons.